The minimum absolute atomic E-state index is 0. The van der Waals surface area contributed by atoms with Crippen molar-refractivity contribution in [1.82, 2.24) is 0 Å². The molecule has 0 aliphatic rings. The zero-order valence-electron chi connectivity index (χ0n) is 6.57. The molecule has 1 aromatic carbocycles. The van der Waals surface area contributed by atoms with Crippen LogP contribution in [0.1, 0.15) is 5.56 Å². The summed E-state index contributed by atoms with van der Waals surface area (Å²) in [4.78, 5) is 9.79. The Morgan fingerprint density at radius 2 is 2.15 bits per heavy atom. The first-order valence-corrected chi connectivity index (χ1v) is 3.66. The molecule has 72 valence electrons. The number of nitro groups is 1. The SMILES string of the molecule is Cl.NCc1ccc([N+](=O)[O-])c(Cl)c1. The van der Waals surface area contributed by atoms with Gasteiger partial charge >= 0.3 is 0 Å². The Labute approximate surface area is 86.2 Å². The second kappa shape index (κ2) is 5.01. The maximum atomic E-state index is 10.3. The van der Waals surface area contributed by atoms with E-state index in [9.17, 15) is 10.1 Å². The largest absolute Gasteiger partial charge is 0.326 e. The van der Waals surface area contributed by atoms with Crippen molar-refractivity contribution in [2.45, 2.75) is 6.54 Å². The van der Waals surface area contributed by atoms with Crippen LogP contribution in [-0.4, -0.2) is 4.92 Å². The lowest BCUT2D eigenvalue weighted by Crippen LogP contribution is -1.97. The van der Waals surface area contributed by atoms with Crippen molar-refractivity contribution in [2.24, 2.45) is 5.73 Å². The van der Waals surface area contributed by atoms with Crippen molar-refractivity contribution in [3.63, 3.8) is 0 Å². The number of rotatable bonds is 2. The van der Waals surface area contributed by atoms with Crippen LogP contribution in [-0.2, 0) is 6.54 Å². The monoisotopic (exact) mass is 222 g/mol. The van der Waals surface area contributed by atoms with Gasteiger partial charge < -0.3 is 5.73 Å². The molecule has 2 N–H and O–H groups in total. The molecule has 0 atom stereocenters. The smallest absolute Gasteiger partial charge is 0.287 e. The van der Waals surface area contributed by atoms with Crippen LogP contribution < -0.4 is 5.73 Å². The second-order valence-electron chi connectivity index (χ2n) is 2.25. The molecular weight excluding hydrogens is 215 g/mol. The molecule has 4 nitrogen and oxygen atoms in total. The summed E-state index contributed by atoms with van der Waals surface area (Å²) in [6.07, 6.45) is 0. The molecule has 0 saturated carbocycles. The number of nitrogens with two attached hydrogens (primary N) is 1. The Balaban J connectivity index is 0.00000144. The van der Waals surface area contributed by atoms with Gasteiger partial charge in [-0.1, -0.05) is 17.7 Å². The maximum Gasteiger partial charge on any atom is 0.287 e. The summed E-state index contributed by atoms with van der Waals surface area (Å²) in [6, 6.07) is 4.44. The highest BCUT2D eigenvalue weighted by Crippen LogP contribution is 2.24. The minimum Gasteiger partial charge on any atom is -0.326 e. The summed E-state index contributed by atoms with van der Waals surface area (Å²) in [5.41, 5.74) is 6.01. The van der Waals surface area contributed by atoms with Gasteiger partial charge in [0.25, 0.3) is 5.69 Å². The molecule has 0 fully saturated rings. The third-order valence-electron chi connectivity index (χ3n) is 1.44. The van der Waals surface area contributed by atoms with Crippen LogP contribution in [0.2, 0.25) is 5.02 Å². The van der Waals surface area contributed by atoms with E-state index in [1.54, 1.807) is 6.07 Å². The molecule has 0 bridgehead atoms. The van der Waals surface area contributed by atoms with Gasteiger partial charge in [-0.15, -0.1) is 12.4 Å². The van der Waals surface area contributed by atoms with Gasteiger partial charge in [-0.25, -0.2) is 0 Å². The van der Waals surface area contributed by atoms with E-state index in [1.165, 1.54) is 12.1 Å². The molecule has 0 unspecified atom stereocenters. The Bertz CT molecular complexity index is 317. The number of hydrogen-bond donors (Lipinski definition) is 1. The fraction of sp³-hybridized carbons (Fsp3) is 0.143. The fourth-order valence-corrected chi connectivity index (χ4v) is 1.10. The summed E-state index contributed by atoms with van der Waals surface area (Å²) in [5, 5.41) is 10.4. The van der Waals surface area contributed by atoms with Crippen LogP contribution in [0.5, 0.6) is 0 Å². The molecule has 13 heavy (non-hydrogen) atoms. The molecule has 0 spiro atoms. The van der Waals surface area contributed by atoms with Crippen LogP contribution in [0.4, 0.5) is 5.69 Å². The summed E-state index contributed by atoms with van der Waals surface area (Å²) >= 11 is 5.61. The van der Waals surface area contributed by atoms with Crippen molar-refractivity contribution in [3.8, 4) is 0 Å². The number of nitro benzene ring substituents is 1. The first-order chi connectivity index (χ1) is 5.65. The molecule has 0 aromatic heterocycles. The zero-order chi connectivity index (χ0) is 9.14. The number of nitrogens with zero attached hydrogens (tertiary/aromatic N) is 1. The number of hydrogen-bond acceptors (Lipinski definition) is 3. The van der Waals surface area contributed by atoms with Gasteiger partial charge in [0.2, 0.25) is 0 Å². The number of benzene rings is 1. The lowest BCUT2D eigenvalue weighted by atomic mass is 10.2. The Morgan fingerprint density at radius 3 is 2.54 bits per heavy atom. The molecule has 0 saturated heterocycles. The molecule has 1 aromatic rings. The highest BCUT2D eigenvalue weighted by atomic mass is 35.5. The van der Waals surface area contributed by atoms with Crippen molar-refractivity contribution >= 4 is 29.7 Å². The Kier molecular flexibility index (Phi) is 4.69. The lowest BCUT2D eigenvalue weighted by Gasteiger charge is -1.97. The first-order valence-electron chi connectivity index (χ1n) is 3.28. The van der Waals surface area contributed by atoms with Crippen LogP contribution in [0.25, 0.3) is 0 Å². The van der Waals surface area contributed by atoms with E-state index in [-0.39, 0.29) is 23.1 Å². The van der Waals surface area contributed by atoms with Crippen molar-refractivity contribution in [1.29, 1.82) is 0 Å². The van der Waals surface area contributed by atoms with Gasteiger partial charge in [0.15, 0.2) is 0 Å². The van der Waals surface area contributed by atoms with Crippen LogP contribution >= 0.6 is 24.0 Å². The van der Waals surface area contributed by atoms with Crippen LogP contribution in [0.15, 0.2) is 18.2 Å². The standard InChI is InChI=1S/C7H7ClN2O2.ClH/c8-6-3-5(4-9)1-2-7(6)10(11)12;/h1-3H,4,9H2;1H. The third-order valence-corrected chi connectivity index (χ3v) is 1.75. The van der Waals surface area contributed by atoms with E-state index in [0.717, 1.165) is 5.56 Å². The van der Waals surface area contributed by atoms with Gasteiger partial charge in [-0.3, -0.25) is 10.1 Å². The van der Waals surface area contributed by atoms with Crippen molar-refractivity contribution in [2.75, 3.05) is 0 Å². The maximum absolute atomic E-state index is 10.3. The van der Waals surface area contributed by atoms with E-state index >= 15 is 0 Å². The molecule has 0 aliphatic carbocycles. The first kappa shape index (κ1) is 12.2. The molecule has 1 rings (SSSR count). The fourth-order valence-electron chi connectivity index (χ4n) is 0.825. The van der Waals surface area contributed by atoms with Crippen LogP contribution in [0.3, 0.4) is 0 Å². The predicted molar refractivity (Wildman–Crippen MR) is 53.2 cm³/mol. The summed E-state index contributed by atoms with van der Waals surface area (Å²) in [6.45, 7) is 0.331. The third kappa shape index (κ3) is 2.84. The highest BCUT2D eigenvalue weighted by molar-refractivity contribution is 6.32. The molecule has 0 radical (unpaired) electrons. The van der Waals surface area contributed by atoms with Gasteiger partial charge in [0.05, 0.1) is 4.92 Å². The van der Waals surface area contributed by atoms with E-state index in [2.05, 4.69) is 0 Å². The molecule has 0 aliphatic heterocycles. The molecular formula is C7H8Cl2N2O2. The zero-order valence-corrected chi connectivity index (χ0v) is 8.14. The topological polar surface area (TPSA) is 69.2 Å². The molecule has 0 amide bonds. The molecule has 0 heterocycles. The predicted octanol–water partition coefficient (Wildman–Crippen LogP) is 2.13. The quantitative estimate of drug-likeness (QED) is 0.616. The van der Waals surface area contributed by atoms with Gasteiger partial charge in [-0.05, 0) is 11.6 Å². The van der Waals surface area contributed by atoms with Crippen LogP contribution in [0, 0.1) is 10.1 Å². The average molecular weight is 223 g/mol. The lowest BCUT2D eigenvalue weighted by molar-refractivity contribution is -0.384. The average Bonchev–Trinajstić information content (AvgIpc) is 2.03. The highest BCUT2D eigenvalue weighted by Gasteiger charge is 2.10. The summed E-state index contributed by atoms with van der Waals surface area (Å²) < 4.78 is 0. The van der Waals surface area contributed by atoms with E-state index in [0.29, 0.717) is 6.54 Å². The van der Waals surface area contributed by atoms with E-state index < -0.39 is 4.92 Å². The molecule has 6 heteroatoms. The second-order valence-corrected chi connectivity index (χ2v) is 2.65. The van der Waals surface area contributed by atoms with Crippen molar-refractivity contribution in [3.05, 3.63) is 38.9 Å². The summed E-state index contributed by atoms with van der Waals surface area (Å²) in [5.74, 6) is 0. The van der Waals surface area contributed by atoms with Crippen molar-refractivity contribution < 1.29 is 4.92 Å². The number of halogens is 2. The van der Waals surface area contributed by atoms with Gasteiger partial charge in [-0.2, -0.15) is 0 Å². The summed E-state index contributed by atoms with van der Waals surface area (Å²) in [7, 11) is 0. The Hall–Kier alpha value is -0.840. The minimum atomic E-state index is -0.525. The Morgan fingerprint density at radius 1 is 1.54 bits per heavy atom. The normalized spacial score (nSPS) is 9.08. The van der Waals surface area contributed by atoms with Gasteiger partial charge in [0, 0.05) is 12.6 Å². The van der Waals surface area contributed by atoms with Gasteiger partial charge in [0.1, 0.15) is 5.02 Å². The van der Waals surface area contributed by atoms with E-state index in [1.807, 2.05) is 0 Å². The van der Waals surface area contributed by atoms with E-state index in [4.69, 9.17) is 17.3 Å².